The van der Waals surface area contributed by atoms with Crippen molar-refractivity contribution in [2.75, 3.05) is 5.32 Å². The van der Waals surface area contributed by atoms with Gasteiger partial charge in [0.1, 0.15) is 4.88 Å². The molecular weight excluding hydrogens is 289 g/mol. The molecule has 2 rings (SSSR count). The third-order valence-corrected chi connectivity index (χ3v) is 3.57. The standard InChI is InChI=1S/C13H11F3N2OS/c1-7-5-3-4-6-9(7)18-12(19)10-11(13(14,15)16)17-8(2)20-10/h3-6H,1-2H3,(H,18,19). The minimum absolute atomic E-state index is 0.201. The summed E-state index contributed by atoms with van der Waals surface area (Å²) in [5, 5.41) is 2.68. The van der Waals surface area contributed by atoms with Crippen molar-refractivity contribution in [3.05, 3.63) is 45.4 Å². The maximum absolute atomic E-state index is 12.8. The smallest absolute Gasteiger partial charge is 0.321 e. The molecule has 0 aliphatic heterocycles. The summed E-state index contributed by atoms with van der Waals surface area (Å²) in [6.07, 6.45) is -4.64. The molecule has 0 spiro atoms. The number of halogens is 3. The van der Waals surface area contributed by atoms with Crippen molar-refractivity contribution in [1.29, 1.82) is 0 Å². The van der Waals surface area contributed by atoms with E-state index in [0.717, 1.165) is 16.9 Å². The third-order valence-electron chi connectivity index (χ3n) is 2.60. The molecule has 0 saturated heterocycles. The molecule has 106 valence electrons. The van der Waals surface area contributed by atoms with Crippen molar-refractivity contribution in [3.63, 3.8) is 0 Å². The van der Waals surface area contributed by atoms with Gasteiger partial charge in [-0.15, -0.1) is 11.3 Å². The Morgan fingerprint density at radius 1 is 1.25 bits per heavy atom. The molecule has 0 aliphatic rings. The number of nitrogens with one attached hydrogen (secondary N) is 1. The Morgan fingerprint density at radius 3 is 2.50 bits per heavy atom. The lowest BCUT2D eigenvalue weighted by Crippen LogP contribution is -2.17. The molecule has 2 aromatic rings. The molecule has 1 amide bonds. The number of hydrogen-bond acceptors (Lipinski definition) is 3. The van der Waals surface area contributed by atoms with E-state index in [1.807, 2.05) is 0 Å². The first kappa shape index (κ1) is 14.5. The summed E-state index contributed by atoms with van der Waals surface area (Å²) in [6, 6.07) is 6.88. The monoisotopic (exact) mass is 300 g/mol. The molecule has 0 radical (unpaired) electrons. The fraction of sp³-hybridized carbons (Fsp3) is 0.231. The first-order valence-electron chi connectivity index (χ1n) is 5.70. The van der Waals surface area contributed by atoms with E-state index in [-0.39, 0.29) is 5.01 Å². The van der Waals surface area contributed by atoms with Gasteiger partial charge in [0.15, 0.2) is 5.69 Å². The number of alkyl halides is 3. The first-order chi connectivity index (χ1) is 9.29. The SMILES string of the molecule is Cc1nc(C(F)(F)F)c(C(=O)Nc2ccccc2C)s1. The van der Waals surface area contributed by atoms with Gasteiger partial charge in [0.2, 0.25) is 0 Å². The summed E-state index contributed by atoms with van der Waals surface area (Å²) in [4.78, 5) is 15.0. The van der Waals surface area contributed by atoms with E-state index in [9.17, 15) is 18.0 Å². The summed E-state index contributed by atoms with van der Waals surface area (Å²) < 4.78 is 38.4. The van der Waals surface area contributed by atoms with Crippen LogP contribution >= 0.6 is 11.3 Å². The Kier molecular flexibility index (Phi) is 3.80. The molecule has 1 N–H and O–H groups in total. The van der Waals surface area contributed by atoms with Gasteiger partial charge in [0.25, 0.3) is 5.91 Å². The zero-order chi connectivity index (χ0) is 14.9. The molecule has 3 nitrogen and oxygen atoms in total. The highest BCUT2D eigenvalue weighted by atomic mass is 32.1. The van der Waals surface area contributed by atoms with Gasteiger partial charge in [-0.05, 0) is 25.5 Å². The van der Waals surface area contributed by atoms with E-state index in [0.29, 0.717) is 5.69 Å². The van der Waals surface area contributed by atoms with Crippen molar-refractivity contribution in [2.45, 2.75) is 20.0 Å². The summed E-state index contributed by atoms with van der Waals surface area (Å²) in [6.45, 7) is 3.20. The van der Waals surface area contributed by atoms with Crippen LogP contribution in [0.15, 0.2) is 24.3 Å². The Labute approximate surface area is 117 Å². The van der Waals surface area contributed by atoms with Crippen LogP contribution in [0.2, 0.25) is 0 Å². The molecule has 0 unspecified atom stereocenters. The average Bonchev–Trinajstić information content (AvgIpc) is 2.74. The number of amides is 1. The van der Waals surface area contributed by atoms with Gasteiger partial charge in [0, 0.05) is 5.69 Å². The van der Waals surface area contributed by atoms with Crippen molar-refractivity contribution >= 4 is 22.9 Å². The normalized spacial score (nSPS) is 11.4. The summed E-state index contributed by atoms with van der Waals surface area (Å²) >= 11 is 0.731. The van der Waals surface area contributed by atoms with Crippen LogP contribution in [0.1, 0.15) is 25.9 Å². The first-order valence-corrected chi connectivity index (χ1v) is 6.52. The Bertz CT molecular complexity index is 649. The number of hydrogen-bond donors (Lipinski definition) is 1. The van der Waals surface area contributed by atoms with Crippen LogP contribution < -0.4 is 5.32 Å². The van der Waals surface area contributed by atoms with E-state index in [4.69, 9.17) is 0 Å². The molecule has 1 aromatic carbocycles. The van der Waals surface area contributed by atoms with Crippen LogP contribution in [0, 0.1) is 13.8 Å². The lowest BCUT2D eigenvalue weighted by atomic mass is 10.2. The maximum Gasteiger partial charge on any atom is 0.435 e. The van der Waals surface area contributed by atoms with Crippen LogP contribution in [0.4, 0.5) is 18.9 Å². The van der Waals surface area contributed by atoms with Crippen LogP contribution in [0.5, 0.6) is 0 Å². The van der Waals surface area contributed by atoms with Crippen LogP contribution in [-0.2, 0) is 6.18 Å². The van der Waals surface area contributed by atoms with Crippen LogP contribution in [-0.4, -0.2) is 10.9 Å². The molecule has 0 atom stereocenters. The second kappa shape index (κ2) is 5.24. The summed E-state index contributed by atoms with van der Waals surface area (Å²) in [5.41, 5.74) is 0.124. The fourth-order valence-electron chi connectivity index (χ4n) is 1.67. The van der Waals surface area contributed by atoms with Gasteiger partial charge in [-0.3, -0.25) is 4.79 Å². The second-order valence-corrected chi connectivity index (χ2v) is 5.38. The van der Waals surface area contributed by atoms with E-state index < -0.39 is 22.7 Å². The zero-order valence-corrected chi connectivity index (χ0v) is 11.5. The molecule has 0 fully saturated rings. The Hall–Kier alpha value is -1.89. The Balaban J connectivity index is 2.33. The lowest BCUT2D eigenvalue weighted by Gasteiger charge is -2.09. The van der Waals surface area contributed by atoms with Crippen LogP contribution in [0.25, 0.3) is 0 Å². The molecule has 1 heterocycles. The number of rotatable bonds is 2. The number of carbonyl (C=O) groups is 1. The van der Waals surface area contributed by atoms with Gasteiger partial charge in [-0.25, -0.2) is 4.98 Å². The second-order valence-electron chi connectivity index (χ2n) is 4.18. The molecule has 20 heavy (non-hydrogen) atoms. The molecule has 0 saturated carbocycles. The highest BCUT2D eigenvalue weighted by Crippen LogP contribution is 2.34. The van der Waals surface area contributed by atoms with Crippen molar-refractivity contribution in [2.24, 2.45) is 0 Å². The highest BCUT2D eigenvalue weighted by molar-refractivity contribution is 7.13. The number of para-hydroxylation sites is 1. The van der Waals surface area contributed by atoms with Crippen molar-refractivity contribution in [1.82, 2.24) is 4.98 Å². The number of aryl methyl sites for hydroxylation is 2. The van der Waals surface area contributed by atoms with Crippen molar-refractivity contribution in [3.8, 4) is 0 Å². The van der Waals surface area contributed by atoms with Gasteiger partial charge in [-0.2, -0.15) is 13.2 Å². The number of thiazole rings is 1. The van der Waals surface area contributed by atoms with Gasteiger partial charge in [-0.1, -0.05) is 18.2 Å². The van der Waals surface area contributed by atoms with Gasteiger partial charge >= 0.3 is 6.18 Å². The zero-order valence-electron chi connectivity index (χ0n) is 10.7. The average molecular weight is 300 g/mol. The largest absolute Gasteiger partial charge is 0.435 e. The van der Waals surface area contributed by atoms with E-state index in [1.165, 1.54) is 6.92 Å². The van der Waals surface area contributed by atoms with Crippen LogP contribution in [0.3, 0.4) is 0 Å². The minimum Gasteiger partial charge on any atom is -0.321 e. The summed E-state index contributed by atoms with van der Waals surface area (Å²) in [5.74, 6) is -0.794. The molecule has 1 aromatic heterocycles. The number of anilines is 1. The number of benzene rings is 1. The molecule has 0 bridgehead atoms. The van der Waals surface area contributed by atoms with E-state index in [1.54, 1.807) is 31.2 Å². The van der Waals surface area contributed by atoms with E-state index >= 15 is 0 Å². The predicted molar refractivity (Wildman–Crippen MR) is 71.0 cm³/mol. The number of nitrogens with zero attached hydrogens (tertiary/aromatic N) is 1. The number of aromatic nitrogens is 1. The minimum atomic E-state index is -4.64. The fourth-order valence-corrected chi connectivity index (χ4v) is 2.50. The molecule has 0 aliphatic carbocycles. The van der Waals surface area contributed by atoms with Crippen molar-refractivity contribution < 1.29 is 18.0 Å². The predicted octanol–water partition coefficient (Wildman–Crippen LogP) is 4.03. The summed E-state index contributed by atoms with van der Waals surface area (Å²) in [7, 11) is 0. The lowest BCUT2D eigenvalue weighted by molar-refractivity contribution is -0.141. The highest BCUT2D eigenvalue weighted by Gasteiger charge is 2.39. The Morgan fingerprint density at radius 2 is 1.90 bits per heavy atom. The molecular formula is C13H11F3N2OS. The topological polar surface area (TPSA) is 42.0 Å². The molecule has 7 heteroatoms. The van der Waals surface area contributed by atoms with Gasteiger partial charge in [0.05, 0.1) is 5.01 Å². The van der Waals surface area contributed by atoms with E-state index in [2.05, 4.69) is 10.3 Å². The number of carbonyl (C=O) groups excluding carboxylic acids is 1. The van der Waals surface area contributed by atoms with Gasteiger partial charge < -0.3 is 5.32 Å². The maximum atomic E-state index is 12.8. The third kappa shape index (κ3) is 2.98. The quantitative estimate of drug-likeness (QED) is 0.909.